The minimum atomic E-state index is -1.30. The third kappa shape index (κ3) is 4.56. The lowest BCUT2D eigenvalue weighted by Gasteiger charge is -2.24. The lowest BCUT2D eigenvalue weighted by molar-refractivity contribution is -0.126. The van der Waals surface area contributed by atoms with Crippen LogP contribution in [-0.4, -0.2) is 11.0 Å². The summed E-state index contributed by atoms with van der Waals surface area (Å²) in [4.78, 5) is 12.2. The monoisotopic (exact) mass is 328 g/mol. The van der Waals surface area contributed by atoms with Gasteiger partial charge < -0.3 is 10.4 Å². The highest BCUT2D eigenvalue weighted by molar-refractivity contribution is 6.30. The summed E-state index contributed by atoms with van der Waals surface area (Å²) in [5.41, 5.74) is -0.00881. The van der Waals surface area contributed by atoms with Crippen LogP contribution >= 0.6 is 11.6 Å². The van der Waals surface area contributed by atoms with Crippen LogP contribution in [0.1, 0.15) is 30.5 Å². The van der Waals surface area contributed by atoms with Gasteiger partial charge in [0.15, 0.2) is 0 Å². The van der Waals surface area contributed by atoms with E-state index >= 15 is 0 Å². The lowest BCUT2D eigenvalue weighted by Crippen LogP contribution is -2.34. The number of rotatable bonds is 5. The molecular weight excluding hydrogens is 312 g/mol. The molecule has 4 nitrogen and oxygen atoms in total. The van der Waals surface area contributed by atoms with Gasteiger partial charge in [-0.3, -0.25) is 4.79 Å². The van der Waals surface area contributed by atoms with Crippen LogP contribution in [0, 0.1) is 11.3 Å². The van der Waals surface area contributed by atoms with Gasteiger partial charge in [0.05, 0.1) is 18.1 Å². The van der Waals surface area contributed by atoms with E-state index in [1.54, 1.807) is 55.5 Å². The number of nitrogens with zero attached hydrogens (tertiary/aromatic N) is 1. The van der Waals surface area contributed by atoms with Crippen molar-refractivity contribution in [3.8, 4) is 6.07 Å². The highest BCUT2D eigenvalue weighted by Crippen LogP contribution is 2.24. The highest BCUT2D eigenvalue weighted by Gasteiger charge is 2.27. The number of carbonyl (C=O) groups is 1. The minimum Gasteiger partial charge on any atom is -0.385 e. The van der Waals surface area contributed by atoms with Gasteiger partial charge in [-0.15, -0.1) is 0 Å². The Hall–Kier alpha value is -2.35. The molecule has 0 saturated carbocycles. The van der Waals surface area contributed by atoms with E-state index in [4.69, 9.17) is 11.6 Å². The average Bonchev–Trinajstić information content (AvgIpc) is 2.54. The largest absolute Gasteiger partial charge is 0.385 e. The molecule has 1 amide bonds. The topological polar surface area (TPSA) is 73.1 Å². The maximum Gasteiger partial charge on any atom is 0.224 e. The van der Waals surface area contributed by atoms with Gasteiger partial charge in [-0.2, -0.15) is 5.26 Å². The molecule has 118 valence electrons. The molecule has 2 N–H and O–H groups in total. The Bertz CT molecular complexity index is 706. The fourth-order valence-electron chi connectivity index (χ4n) is 2.27. The number of halogens is 1. The molecule has 0 bridgehead atoms. The van der Waals surface area contributed by atoms with Crippen molar-refractivity contribution in [2.75, 3.05) is 0 Å². The summed E-state index contributed by atoms with van der Waals surface area (Å²) in [6, 6.07) is 16.9. The zero-order chi connectivity index (χ0) is 16.9. The van der Waals surface area contributed by atoms with Crippen LogP contribution in [0.4, 0.5) is 0 Å². The molecule has 0 aliphatic heterocycles. The molecule has 2 unspecified atom stereocenters. The van der Waals surface area contributed by atoms with Crippen LogP contribution in [0.25, 0.3) is 0 Å². The highest BCUT2D eigenvalue weighted by atomic mass is 35.5. The summed E-state index contributed by atoms with van der Waals surface area (Å²) in [5, 5.41) is 22.9. The van der Waals surface area contributed by atoms with Gasteiger partial charge >= 0.3 is 0 Å². The first-order valence-electron chi connectivity index (χ1n) is 7.15. The zero-order valence-corrected chi connectivity index (χ0v) is 13.4. The van der Waals surface area contributed by atoms with Crippen molar-refractivity contribution in [3.05, 3.63) is 70.7 Å². The van der Waals surface area contributed by atoms with E-state index in [-0.39, 0.29) is 6.42 Å². The van der Waals surface area contributed by atoms with E-state index in [1.807, 2.05) is 12.1 Å². The Morgan fingerprint density at radius 3 is 2.43 bits per heavy atom. The number of nitriles is 1. The van der Waals surface area contributed by atoms with E-state index in [0.29, 0.717) is 16.1 Å². The molecule has 23 heavy (non-hydrogen) atoms. The van der Waals surface area contributed by atoms with Crippen LogP contribution in [0.3, 0.4) is 0 Å². The molecule has 0 aliphatic rings. The first-order chi connectivity index (χ1) is 10.9. The van der Waals surface area contributed by atoms with E-state index in [9.17, 15) is 15.2 Å². The van der Waals surface area contributed by atoms with Crippen molar-refractivity contribution in [2.45, 2.75) is 25.0 Å². The van der Waals surface area contributed by atoms with Crippen LogP contribution in [0.5, 0.6) is 0 Å². The Kier molecular flexibility index (Phi) is 5.38. The number of benzene rings is 2. The van der Waals surface area contributed by atoms with E-state index in [2.05, 4.69) is 5.32 Å². The Balaban J connectivity index is 2.06. The number of aliphatic hydroxyl groups is 1. The summed E-state index contributed by atoms with van der Waals surface area (Å²) in [7, 11) is 0. The minimum absolute atomic E-state index is 0.136. The van der Waals surface area contributed by atoms with Gasteiger partial charge in [-0.25, -0.2) is 0 Å². The molecule has 2 aromatic rings. The van der Waals surface area contributed by atoms with E-state index in [0.717, 1.165) is 0 Å². The zero-order valence-electron chi connectivity index (χ0n) is 12.7. The molecule has 0 aromatic heterocycles. The summed E-state index contributed by atoms with van der Waals surface area (Å²) in [5.74, 6) is -0.402. The second-order valence-electron chi connectivity index (χ2n) is 5.50. The second-order valence-corrected chi connectivity index (χ2v) is 5.93. The number of hydrogen-bond donors (Lipinski definition) is 2. The predicted molar refractivity (Wildman–Crippen MR) is 88.6 cm³/mol. The summed E-state index contributed by atoms with van der Waals surface area (Å²) in [6.45, 7) is 1.57. The number of carbonyl (C=O) groups excluding carboxylic acids is 1. The van der Waals surface area contributed by atoms with E-state index < -0.39 is 17.6 Å². The van der Waals surface area contributed by atoms with Gasteiger partial charge in [0.25, 0.3) is 0 Å². The molecule has 0 radical (unpaired) electrons. The second kappa shape index (κ2) is 7.28. The number of amides is 1. The van der Waals surface area contributed by atoms with Gasteiger partial charge in [0.1, 0.15) is 6.04 Å². The van der Waals surface area contributed by atoms with Gasteiger partial charge in [-0.05, 0) is 30.2 Å². The summed E-state index contributed by atoms with van der Waals surface area (Å²) < 4.78 is 0. The van der Waals surface area contributed by atoms with Gasteiger partial charge in [-0.1, -0.05) is 54.1 Å². The van der Waals surface area contributed by atoms with Crippen molar-refractivity contribution in [2.24, 2.45) is 0 Å². The van der Waals surface area contributed by atoms with Crippen molar-refractivity contribution in [1.29, 1.82) is 5.26 Å². The molecule has 0 spiro atoms. The van der Waals surface area contributed by atoms with Crippen molar-refractivity contribution in [3.63, 3.8) is 0 Å². The van der Waals surface area contributed by atoms with Crippen LogP contribution in [0.15, 0.2) is 54.6 Å². The first-order valence-corrected chi connectivity index (χ1v) is 7.52. The smallest absolute Gasteiger partial charge is 0.224 e. The van der Waals surface area contributed by atoms with Crippen molar-refractivity contribution >= 4 is 17.5 Å². The summed E-state index contributed by atoms with van der Waals surface area (Å²) in [6.07, 6.45) is -0.136. The van der Waals surface area contributed by atoms with Crippen molar-refractivity contribution in [1.82, 2.24) is 5.32 Å². The number of nitrogens with one attached hydrogen (secondary N) is 1. The first kappa shape index (κ1) is 17.0. The van der Waals surface area contributed by atoms with Gasteiger partial charge in [0.2, 0.25) is 5.91 Å². The third-order valence-corrected chi connectivity index (χ3v) is 3.79. The quantitative estimate of drug-likeness (QED) is 0.884. The molecule has 5 heteroatoms. The fourth-order valence-corrected chi connectivity index (χ4v) is 2.40. The van der Waals surface area contributed by atoms with Crippen LogP contribution < -0.4 is 5.32 Å². The van der Waals surface area contributed by atoms with Crippen LogP contribution in [-0.2, 0) is 10.4 Å². The molecule has 2 rings (SSSR count). The Morgan fingerprint density at radius 1 is 1.26 bits per heavy atom. The number of hydrogen-bond acceptors (Lipinski definition) is 3. The van der Waals surface area contributed by atoms with Gasteiger partial charge in [0, 0.05) is 5.02 Å². The average molecular weight is 329 g/mol. The molecule has 0 aliphatic carbocycles. The maximum absolute atomic E-state index is 12.2. The molecule has 0 fully saturated rings. The molecule has 2 atom stereocenters. The Morgan fingerprint density at radius 2 is 1.87 bits per heavy atom. The summed E-state index contributed by atoms with van der Waals surface area (Å²) >= 11 is 5.82. The third-order valence-electron chi connectivity index (χ3n) is 3.54. The molecular formula is C18H17ClN2O2. The maximum atomic E-state index is 12.2. The SMILES string of the molecule is CC(O)(CC(=O)NC(C#N)c1ccc(Cl)cc1)c1ccccc1. The normalized spacial score (nSPS) is 14.3. The van der Waals surface area contributed by atoms with Crippen LogP contribution in [0.2, 0.25) is 5.02 Å². The molecule has 0 heterocycles. The molecule has 2 aromatic carbocycles. The predicted octanol–water partition coefficient (Wildman–Crippen LogP) is 3.32. The molecule has 0 saturated heterocycles. The van der Waals surface area contributed by atoms with Crippen molar-refractivity contribution < 1.29 is 9.90 Å². The Labute approximate surface area is 140 Å². The fraction of sp³-hybridized carbons (Fsp3) is 0.222. The standard InChI is InChI=1S/C18H17ClN2O2/c1-18(23,14-5-3-2-4-6-14)11-17(22)21-16(12-20)13-7-9-15(19)10-8-13/h2-10,16,23H,11H2,1H3,(H,21,22). The van der Waals surface area contributed by atoms with E-state index in [1.165, 1.54) is 0 Å². The lowest BCUT2D eigenvalue weighted by atomic mass is 9.92.